The van der Waals surface area contributed by atoms with Crippen molar-refractivity contribution in [2.75, 3.05) is 46.7 Å². The van der Waals surface area contributed by atoms with E-state index in [2.05, 4.69) is 53.9 Å². The Labute approximate surface area is 460 Å². The number of hydrogen-bond acceptors (Lipinski definition) is 10. The van der Waals surface area contributed by atoms with E-state index < -0.39 is 5.91 Å². The molecule has 412 valence electrons. The standard InChI is InChI=1S/C57H76N12O6S2/c58-56-65-43-35-76-46(53(43)67-56)19-9-11-21-48(70)60-28-13-1-3-23-50(72)63-41-31-40(55(75)62-30-27-52(74)69-34-39-17-6-5-15-37(39)25-26-38-16-7-8-18-45(38)69)32-42(33-41)64-51(73)24-4-2-14-29-61-49(71)22-12-10-20-47-54-44(36-77-47)66-57(59)68-54/h5-8,15-18,25-26,31-33,43-44,46-47,53-54H,1-4,9-14,19-24,27-30,34-36H2,(H,60,70)(H,61,71)(H,62,75)(H,63,72)(H,64,73)(H3,58,65,67)(H3,59,66,68)/b26-25-. The van der Waals surface area contributed by atoms with Crippen LogP contribution in [0, 0.1) is 10.8 Å². The molecule has 4 saturated heterocycles. The number of anilines is 3. The van der Waals surface area contributed by atoms with E-state index in [-0.39, 0.29) is 60.9 Å². The summed E-state index contributed by atoms with van der Waals surface area (Å²) in [5.74, 6) is 1.76. The van der Waals surface area contributed by atoms with Gasteiger partial charge in [-0.05, 0) is 92.3 Å². The molecule has 5 aliphatic rings. The Morgan fingerprint density at radius 2 is 1.04 bits per heavy atom. The lowest BCUT2D eigenvalue weighted by Crippen LogP contribution is -2.36. The summed E-state index contributed by atoms with van der Waals surface area (Å²) in [6.07, 6.45) is 15.2. The third-order valence-corrected chi connectivity index (χ3v) is 17.8. The van der Waals surface area contributed by atoms with Crippen LogP contribution in [-0.2, 0) is 30.5 Å². The maximum absolute atomic E-state index is 13.9. The zero-order chi connectivity index (χ0) is 53.9. The number of nitrogens with one attached hydrogen (secondary N) is 11. The van der Waals surface area contributed by atoms with Crippen molar-refractivity contribution in [3.8, 4) is 0 Å². The number of carbonyl (C=O) groups excluding carboxylic acids is 6. The van der Waals surface area contributed by atoms with Gasteiger partial charge in [-0.1, -0.05) is 80.3 Å². The number of carbonyl (C=O) groups is 6. The molecule has 5 aliphatic heterocycles. The topological polar surface area (TPSA) is 262 Å². The number of hydrogen-bond donors (Lipinski definition) is 11. The van der Waals surface area contributed by atoms with Crippen molar-refractivity contribution in [2.24, 2.45) is 0 Å². The van der Waals surface area contributed by atoms with Crippen molar-refractivity contribution >= 4 is 100 Å². The molecule has 0 aliphatic carbocycles. The molecule has 0 saturated carbocycles. The number of guanidine groups is 2. The van der Waals surface area contributed by atoms with Gasteiger partial charge in [0.25, 0.3) is 5.91 Å². The van der Waals surface area contributed by atoms with Gasteiger partial charge in [-0.25, -0.2) is 0 Å². The molecule has 11 N–H and O–H groups in total. The highest BCUT2D eigenvalue weighted by atomic mass is 32.2. The highest BCUT2D eigenvalue weighted by Crippen LogP contribution is 2.35. The Morgan fingerprint density at radius 3 is 1.62 bits per heavy atom. The molecular formula is C57H76N12O6S2. The average Bonchev–Trinajstić information content (AvgIpc) is 4.20. The molecule has 0 spiro atoms. The number of unbranched alkanes of at least 4 members (excludes halogenated alkanes) is 6. The first-order chi connectivity index (χ1) is 37.4. The van der Waals surface area contributed by atoms with Gasteiger partial charge in [0.1, 0.15) is 0 Å². The van der Waals surface area contributed by atoms with Crippen molar-refractivity contribution in [1.82, 2.24) is 37.2 Å². The molecule has 5 heterocycles. The summed E-state index contributed by atoms with van der Waals surface area (Å²) in [6, 6.07) is 21.7. The van der Waals surface area contributed by atoms with E-state index in [1.54, 1.807) is 23.1 Å². The van der Waals surface area contributed by atoms with Crippen LogP contribution in [-0.4, -0.2) is 113 Å². The molecule has 6 unspecified atom stereocenters. The fraction of sp³-hybridized carbons (Fsp3) is 0.509. The first-order valence-corrected chi connectivity index (χ1v) is 29.7. The van der Waals surface area contributed by atoms with Crippen molar-refractivity contribution < 1.29 is 28.8 Å². The number of amides is 6. The molecule has 8 rings (SSSR count). The number of benzene rings is 3. The predicted molar refractivity (Wildman–Crippen MR) is 309 cm³/mol. The molecule has 3 aromatic rings. The fourth-order valence-electron chi connectivity index (χ4n) is 10.7. The fourth-order valence-corrected chi connectivity index (χ4v) is 13.7. The van der Waals surface area contributed by atoms with E-state index in [0.29, 0.717) is 103 Å². The van der Waals surface area contributed by atoms with Gasteiger partial charge in [0, 0.05) is 90.7 Å². The van der Waals surface area contributed by atoms with Crippen LogP contribution in [0.1, 0.15) is 136 Å². The maximum atomic E-state index is 13.9. The smallest absolute Gasteiger partial charge is 0.251 e. The van der Waals surface area contributed by atoms with Crippen molar-refractivity contribution in [3.63, 3.8) is 0 Å². The first-order valence-electron chi connectivity index (χ1n) is 27.6. The van der Waals surface area contributed by atoms with Crippen LogP contribution in [0.3, 0.4) is 0 Å². The summed E-state index contributed by atoms with van der Waals surface area (Å²) in [7, 11) is 0. The van der Waals surface area contributed by atoms with Gasteiger partial charge in [-0.2, -0.15) is 23.5 Å². The normalized spacial score (nSPS) is 21.1. The molecule has 0 aromatic heterocycles. The van der Waals surface area contributed by atoms with E-state index in [9.17, 15) is 28.8 Å². The van der Waals surface area contributed by atoms with Gasteiger partial charge in [0.15, 0.2) is 11.9 Å². The molecule has 18 nitrogen and oxygen atoms in total. The Bertz CT molecular complexity index is 2530. The lowest BCUT2D eigenvalue weighted by atomic mass is 10.0. The lowest BCUT2D eigenvalue weighted by Gasteiger charge is -2.27. The number of para-hydroxylation sites is 1. The van der Waals surface area contributed by atoms with Gasteiger partial charge in [0.2, 0.25) is 29.5 Å². The second-order valence-corrected chi connectivity index (χ2v) is 23.2. The summed E-state index contributed by atoms with van der Waals surface area (Å²) in [5, 5.41) is 44.1. The number of rotatable bonds is 28. The zero-order valence-electron chi connectivity index (χ0n) is 43.9. The predicted octanol–water partition coefficient (Wildman–Crippen LogP) is 6.84. The Kier molecular flexibility index (Phi) is 21.1. The summed E-state index contributed by atoms with van der Waals surface area (Å²) in [4.78, 5) is 80.9. The van der Waals surface area contributed by atoms with Crippen LogP contribution in [0.2, 0.25) is 0 Å². The highest BCUT2D eigenvalue weighted by molar-refractivity contribution is 8.00. The van der Waals surface area contributed by atoms with Gasteiger partial charge < -0.3 is 52.8 Å². The van der Waals surface area contributed by atoms with Gasteiger partial charge in [-0.15, -0.1) is 0 Å². The number of thioether (sulfide) groups is 2. The Hall–Kier alpha value is -6.54. The molecular weight excluding hydrogens is 1010 g/mol. The third-order valence-electron chi connectivity index (χ3n) is 14.8. The molecule has 6 amide bonds. The molecule has 3 aromatic carbocycles. The quantitative estimate of drug-likeness (QED) is 0.0334. The molecule has 6 atom stereocenters. The second kappa shape index (κ2) is 28.7. The van der Waals surface area contributed by atoms with Crippen LogP contribution in [0.5, 0.6) is 0 Å². The minimum Gasteiger partial charge on any atom is -0.356 e. The zero-order valence-corrected chi connectivity index (χ0v) is 45.6. The minimum atomic E-state index is -0.464. The van der Waals surface area contributed by atoms with Gasteiger partial charge in [-0.3, -0.25) is 39.6 Å². The second-order valence-electron chi connectivity index (χ2n) is 20.6. The van der Waals surface area contributed by atoms with Crippen LogP contribution in [0.15, 0.2) is 66.7 Å². The van der Waals surface area contributed by atoms with Crippen LogP contribution >= 0.6 is 23.5 Å². The first kappa shape index (κ1) is 56.7. The highest BCUT2D eigenvalue weighted by Gasteiger charge is 2.42. The van der Waals surface area contributed by atoms with E-state index in [0.717, 1.165) is 98.1 Å². The van der Waals surface area contributed by atoms with Crippen LogP contribution < -0.4 is 52.8 Å². The molecule has 4 fully saturated rings. The average molecular weight is 1090 g/mol. The SMILES string of the molecule is N=C1NC2CSC(CCCCC(=O)NCCCCCC(=O)Nc3cc(NC(=O)CCCCCNC(=O)CCCCC4SCC5NC(=N)NC54)cc(C(=O)NCCC(=O)N4Cc5ccccc5/C=C\c5ccccc54)c3)C2N1. The van der Waals surface area contributed by atoms with E-state index in [4.69, 9.17) is 10.8 Å². The van der Waals surface area contributed by atoms with Crippen LogP contribution in [0.25, 0.3) is 12.2 Å². The Morgan fingerprint density at radius 1 is 0.532 bits per heavy atom. The number of fused-ring (bicyclic) bond motifs is 4. The van der Waals surface area contributed by atoms with E-state index >= 15 is 0 Å². The van der Waals surface area contributed by atoms with Gasteiger partial charge >= 0.3 is 0 Å². The lowest BCUT2D eigenvalue weighted by molar-refractivity contribution is -0.122. The van der Waals surface area contributed by atoms with Crippen molar-refractivity contribution in [1.29, 1.82) is 10.8 Å². The molecule has 0 radical (unpaired) electrons. The molecule has 20 heteroatoms. The summed E-state index contributed by atoms with van der Waals surface area (Å²) in [6.45, 7) is 1.50. The molecule has 77 heavy (non-hydrogen) atoms. The van der Waals surface area contributed by atoms with E-state index in [1.807, 2.05) is 78.1 Å². The van der Waals surface area contributed by atoms with Crippen molar-refractivity contribution in [3.05, 3.63) is 89.0 Å². The molecule has 0 bridgehead atoms. The summed E-state index contributed by atoms with van der Waals surface area (Å²) < 4.78 is 0. The summed E-state index contributed by atoms with van der Waals surface area (Å²) >= 11 is 3.86. The third kappa shape index (κ3) is 17.0. The summed E-state index contributed by atoms with van der Waals surface area (Å²) in [5.41, 5.74) is 4.64. The van der Waals surface area contributed by atoms with Crippen molar-refractivity contribution in [2.45, 2.75) is 150 Å². The largest absolute Gasteiger partial charge is 0.356 e. The monoisotopic (exact) mass is 1090 g/mol. The van der Waals surface area contributed by atoms with Crippen LogP contribution in [0.4, 0.5) is 17.1 Å². The van der Waals surface area contributed by atoms with Gasteiger partial charge in [0.05, 0.1) is 36.4 Å². The number of nitrogens with zero attached hydrogens (tertiary/aromatic N) is 1. The Balaban J connectivity index is 0.765. The van der Waals surface area contributed by atoms with E-state index in [1.165, 1.54) is 0 Å². The maximum Gasteiger partial charge on any atom is 0.251 e. The minimum absolute atomic E-state index is 0.0298.